The van der Waals surface area contributed by atoms with Crippen LogP contribution in [-0.2, 0) is 11.2 Å². The first-order valence-corrected chi connectivity index (χ1v) is 8.78. The quantitative estimate of drug-likeness (QED) is 0.842. The first-order valence-electron chi connectivity index (χ1n) is 8.78. The Kier molecular flexibility index (Phi) is 4.63. The summed E-state index contributed by atoms with van der Waals surface area (Å²) in [5.41, 5.74) is 1.54. The first-order chi connectivity index (χ1) is 12.6. The van der Waals surface area contributed by atoms with Crippen LogP contribution in [0.4, 0.5) is 8.78 Å². The van der Waals surface area contributed by atoms with E-state index in [1.165, 1.54) is 12.1 Å². The van der Waals surface area contributed by atoms with E-state index >= 15 is 0 Å². The Morgan fingerprint density at radius 2 is 2.04 bits per heavy atom. The molecule has 136 valence electrons. The van der Waals surface area contributed by atoms with Gasteiger partial charge in [-0.25, -0.2) is 8.78 Å². The third-order valence-corrected chi connectivity index (χ3v) is 4.93. The second-order valence-electron chi connectivity index (χ2n) is 6.86. The minimum Gasteiger partial charge on any atom is -0.372 e. The summed E-state index contributed by atoms with van der Waals surface area (Å²) in [5.74, 6) is -1.13. The highest BCUT2D eigenvalue weighted by Gasteiger charge is 2.32. The van der Waals surface area contributed by atoms with Crippen molar-refractivity contribution >= 4 is 5.91 Å². The average molecular weight is 359 g/mol. The number of carbonyl (C=O) groups excluding carboxylic acids is 1. The first kappa shape index (κ1) is 17.0. The van der Waals surface area contributed by atoms with Crippen LogP contribution in [-0.4, -0.2) is 40.7 Å². The lowest BCUT2D eigenvalue weighted by molar-refractivity contribution is 0.0491. The molecule has 1 amide bonds. The van der Waals surface area contributed by atoms with Crippen LogP contribution in [0.2, 0.25) is 0 Å². The van der Waals surface area contributed by atoms with Crippen molar-refractivity contribution in [1.29, 1.82) is 0 Å². The molecule has 2 aliphatic heterocycles. The van der Waals surface area contributed by atoms with Gasteiger partial charge in [-0.15, -0.1) is 5.10 Å². The summed E-state index contributed by atoms with van der Waals surface area (Å²) in [6.07, 6.45) is 2.40. The number of benzene rings is 1. The predicted octanol–water partition coefficient (Wildman–Crippen LogP) is 2.92. The van der Waals surface area contributed by atoms with E-state index in [9.17, 15) is 13.6 Å². The molecule has 1 aromatic carbocycles. The average Bonchev–Trinajstić information content (AvgIpc) is 3.13. The van der Waals surface area contributed by atoms with E-state index in [4.69, 9.17) is 4.74 Å². The molecule has 1 atom stereocenters. The maximum absolute atomic E-state index is 13.7. The van der Waals surface area contributed by atoms with Crippen molar-refractivity contribution in [2.45, 2.75) is 25.4 Å². The van der Waals surface area contributed by atoms with Gasteiger partial charge >= 0.3 is 0 Å². The Morgan fingerprint density at radius 3 is 2.69 bits per heavy atom. The highest BCUT2D eigenvalue weighted by atomic mass is 19.1. The molecule has 5 nitrogen and oxygen atoms in total. The fourth-order valence-electron chi connectivity index (χ4n) is 3.46. The minimum absolute atomic E-state index is 0.0225. The van der Waals surface area contributed by atoms with Gasteiger partial charge in [0.05, 0.1) is 5.69 Å². The summed E-state index contributed by atoms with van der Waals surface area (Å²) < 4.78 is 32.2. The molecule has 2 aromatic rings. The third kappa shape index (κ3) is 3.44. The van der Waals surface area contributed by atoms with Gasteiger partial charge < -0.3 is 9.64 Å². The lowest BCUT2D eigenvalue weighted by Gasteiger charge is -2.39. The zero-order chi connectivity index (χ0) is 18.1. The van der Waals surface area contributed by atoms with E-state index in [1.54, 1.807) is 17.0 Å². The molecule has 0 bridgehead atoms. The van der Waals surface area contributed by atoms with Gasteiger partial charge in [0.1, 0.15) is 17.7 Å². The zero-order valence-corrected chi connectivity index (χ0v) is 14.2. The summed E-state index contributed by atoms with van der Waals surface area (Å²) in [5, 5.41) is 8.16. The number of aromatic nitrogens is 2. The van der Waals surface area contributed by atoms with Gasteiger partial charge in [-0.05, 0) is 48.9 Å². The summed E-state index contributed by atoms with van der Waals surface area (Å²) in [6.45, 7) is 1.80. The highest BCUT2D eigenvalue weighted by molar-refractivity contribution is 5.92. The molecular formula is C19H19F2N3O2. The number of rotatable bonds is 4. The van der Waals surface area contributed by atoms with Crippen molar-refractivity contribution < 1.29 is 18.3 Å². The SMILES string of the molecule is O=C(c1ccc(C2CCCO2)nn1)N1CC(Cc2ccc(F)cc2F)C1. The molecular weight excluding hydrogens is 340 g/mol. The number of hydrogen-bond donors (Lipinski definition) is 0. The molecule has 0 spiro atoms. The minimum atomic E-state index is -0.582. The highest BCUT2D eigenvalue weighted by Crippen LogP contribution is 2.27. The molecule has 0 saturated carbocycles. The number of nitrogens with zero attached hydrogens (tertiary/aromatic N) is 3. The van der Waals surface area contributed by atoms with Gasteiger partial charge in [0.15, 0.2) is 5.69 Å². The molecule has 4 rings (SSSR count). The Balaban J connectivity index is 1.32. The molecule has 0 radical (unpaired) electrons. The summed E-state index contributed by atoms with van der Waals surface area (Å²) >= 11 is 0. The molecule has 2 aliphatic rings. The van der Waals surface area contributed by atoms with Crippen LogP contribution in [0.15, 0.2) is 30.3 Å². The topological polar surface area (TPSA) is 55.3 Å². The van der Waals surface area contributed by atoms with Crippen LogP contribution >= 0.6 is 0 Å². The van der Waals surface area contributed by atoms with Crippen molar-refractivity contribution in [2.24, 2.45) is 5.92 Å². The molecule has 7 heteroatoms. The molecule has 1 unspecified atom stereocenters. The Bertz CT molecular complexity index is 801. The van der Waals surface area contributed by atoms with Gasteiger partial charge in [0, 0.05) is 25.8 Å². The molecule has 1 aromatic heterocycles. The van der Waals surface area contributed by atoms with Crippen LogP contribution in [0.5, 0.6) is 0 Å². The van der Waals surface area contributed by atoms with E-state index in [2.05, 4.69) is 10.2 Å². The van der Waals surface area contributed by atoms with Crippen LogP contribution in [0.25, 0.3) is 0 Å². The third-order valence-electron chi connectivity index (χ3n) is 4.93. The standard InChI is InChI=1S/C19H19F2N3O2/c20-14-4-3-13(15(21)9-14)8-12-10-24(11-12)19(25)17-6-5-16(22-23-17)18-2-1-7-26-18/h3-6,9,12,18H,1-2,7-8,10-11H2. The van der Waals surface area contributed by atoms with Crippen molar-refractivity contribution in [3.05, 3.63) is 58.9 Å². The second-order valence-corrected chi connectivity index (χ2v) is 6.86. The number of ether oxygens (including phenoxy) is 1. The van der Waals surface area contributed by atoms with Gasteiger partial charge in [-0.3, -0.25) is 4.79 Å². The maximum atomic E-state index is 13.7. The predicted molar refractivity (Wildman–Crippen MR) is 89.4 cm³/mol. The normalized spacial score (nSPS) is 20.2. The molecule has 0 N–H and O–H groups in total. The van der Waals surface area contributed by atoms with E-state index in [-0.39, 0.29) is 17.9 Å². The van der Waals surface area contributed by atoms with E-state index in [1.807, 2.05) is 0 Å². The van der Waals surface area contributed by atoms with E-state index < -0.39 is 11.6 Å². The van der Waals surface area contributed by atoms with Crippen molar-refractivity contribution in [2.75, 3.05) is 19.7 Å². The smallest absolute Gasteiger partial charge is 0.274 e. The van der Waals surface area contributed by atoms with Crippen molar-refractivity contribution in [3.8, 4) is 0 Å². The van der Waals surface area contributed by atoms with Crippen LogP contribution in [0.3, 0.4) is 0 Å². The number of likely N-dealkylation sites (tertiary alicyclic amines) is 1. The summed E-state index contributed by atoms with van der Waals surface area (Å²) in [7, 11) is 0. The van der Waals surface area contributed by atoms with Gasteiger partial charge in [-0.2, -0.15) is 5.10 Å². The number of halogens is 2. The van der Waals surface area contributed by atoms with Crippen molar-refractivity contribution in [1.82, 2.24) is 15.1 Å². The lowest BCUT2D eigenvalue weighted by atomic mass is 9.91. The van der Waals surface area contributed by atoms with Crippen LogP contribution in [0.1, 0.15) is 40.7 Å². The largest absolute Gasteiger partial charge is 0.372 e. The van der Waals surface area contributed by atoms with Crippen molar-refractivity contribution in [3.63, 3.8) is 0 Å². The van der Waals surface area contributed by atoms with E-state index in [0.29, 0.717) is 30.8 Å². The monoisotopic (exact) mass is 359 g/mol. The Labute approximate surface area is 150 Å². The number of carbonyl (C=O) groups is 1. The fraction of sp³-hybridized carbons (Fsp3) is 0.421. The zero-order valence-electron chi connectivity index (χ0n) is 14.2. The molecule has 2 saturated heterocycles. The number of amides is 1. The Hall–Kier alpha value is -2.41. The fourth-order valence-corrected chi connectivity index (χ4v) is 3.46. The van der Waals surface area contributed by atoms with Gasteiger partial charge in [0.25, 0.3) is 5.91 Å². The molecule has 0 aliphatic carbocycles. The lowest BCUT2D eigenvalue weighted by Crippen LogP contribution is -2.51. The van der Waals surface area contributed by atoms with Gasteiger partial charge in [0.2, 0.25) is 0 Å². The van der Waals surface area contributed by atoms with E-state index in [0.717, 1.165) is 31.2 Å². The molecule has 2 fully saturated rings. The summed E-state index contributed by atoms with van der Waals surface area (Å²) in [6, 6.07) is 7.08. The maximum Gasteiger partial charge on any atom is 0.274 e. The number of hydrogen-bond acceptors (Lipinski definition) is 4. The Morgan fingerprint density at radius 1 is 1.19 bits per heavy atom. The van der Waals surface area contributed by atoms with Crippen LogP contribution in [0, 0.1) is 17.6 Å². The molecule has 3 heterocycles. The van der Waals surface area contributed by atoms with Crippen LogP contribution < -0.4 is 0 Å². The van der Waals surface area contributed by atoms with Gasteiger partial charge in [-0.1, -0.05) is 6.07 Å². The summed E-state index contributed by atoms with van der Waals surface area (Å²) in [4.78, 5) is 14.1. The second kappa shape index (κ2) is 7.07. The molecule has 26 heavy (non-hydrogen) atoms.